The topological polar surface area (TPSA) is 15.3 Å². The lowest BCUT2D eigenvalue weighted by atomic mass is 9.82. The summed E-state index contributed by atoms with van der Waals surface area (Å²) in [6.45, 7) is 20.9. The van der Waals surface area contributed by atoms with E-state index >= 15 is 0 Å². The Hall–Kier alpha value is -3.00. The predicted molar refractivity (Wildman–Crippen MR) is 160 cm³/mol. The number of hydrogen-bond acceptors (Lipinski definition) is 2. The number of hydrogen-bond donors (Lipinski definition) is 1. The summed E-state index contributed by atoms with van der Waals surface area (Å²) >= 11 is 0. The Labute approximate surface area is 224 Å². The van der Waals surface area contributed by atoms with Gasteiger partial charge in [-0.15, -0.1) is 0 Å². The summed E-state index contributed by atoms with van der Waals surface area (Å²) in [5.74, 6) is 1.39. The molecule has 1 atom stereocenters. The third kappa shape index (κ3) is 4.60. The van der Waals surface area contributed by atoms with E-state index < -0.39 is 0 Å². The van der Waals surface area contributed by atoms with Crippen LogP contribution in [0.15, 0.2) is 60.8 Å². The fraction of sp³-hybridized carbons (Fsp3) is 0.429. The Morgan fingerprint density at radius 2 is 1.43 bits per heavy atom. The largest absolute Gasteiger partial charge is 0.365 e. The molecule has 3 aromatic carbocycles. The first-order valence-corrected chi connectivity index (χ1v) is 14.1. The number of nitrogens with zero attached hydrogens (tertiary/aromatic N) is 1. The quantitative estimate of drug-likeness (QED) is 0.381. The molecule has 37 heavy (non-hydrogen) atoms. The molecule has 194 valence electrons. The zero-order valence-corrected chi connectivity index (χ0v) is 24.2. The van der Waals surface area contributed by atoms with Crippen molar-refractivity contribution in [3.8, 4) is 11.1 Å². The van der Waals surface area contributed by atoms with Crippen molar-refractivity contribution in [3.05, 3.63) is 94.2 Å². The molecule has 0 radical (unpaired) electrons. The monoisotopic (exact) mass is 492 g/mol. The second kappa shape index (κ2) is 9.39. The minimum absolute atomic E-state index is 0.108. The summed E-state index contributed by atoms with van der Waals surface area (Å²) in [7, 11) is 0. The first-order chi connectivity index (χ1) is 17.5. The molecule has 2 aliphatic rings. The average Bonchev–Trinajstić information content (AvgIpc) is 3.27. The van der Waals surface area contributed by atoms with E-state index in [1.165, 1.54) is 55.9 Å². The van der Waals surface area contributed by atoms with Crippen molar-refractivity contribution >= 4 is 11.4 Å². The fourth-order valence-electron chi connectivity index (χ4n) is 6.09. The highest BCUT2D eigenvalue weighted by molar-refractivity contribution is 5.95. The first kappa shape index (κ1) is 25.6. The molecule has 1 unspecified atom stereocenters. The van der Waals surface area contributed by atoms with Crippen molar-refractivity contribution in [1.82, 2.24) is 5.32 Å². The van der Waals surface area contributed by atoms with Gasteiger partial charge in [0.2, 0.25) is 0 Å². The van der Waals surface area contributed by atoms with Crippen molar-refractivity contribution in [3.63, 3.8) is 0 Å². The summed E-state index contributed by atoms with van der Waals surface area (Å²) in [6.07, 6.45) is 3.46. The van der Waals surface area contributed by atoms with Gasteiger partial charge in [-0.25, -0.2) is 0 Å². The maximum Gasteiger partial charge on any atom is 0.130 e. The van der Waals surface area contributed by atoms with Crippen LogP contribution in [0.2, 0.25) is 0 Å². The molecule has 0 saturated heterocycles. The molecular weight excluding hydrogens is 448 g/mol. The van der Waals surface area contributed by atoms with E-state index in [-0.39, 0.29) is 11.6 Å². The van der Waals surface area contributed by atoms with Crippen LogP contribution in [0.1, 0.15) is 120 Å². The van der Waals surface area contributed by atoms with Crippen LogP contribution >= 0.6 is 0 Å². The van der Waals surface area contributed by atoms with E-state index in [9.17, 15) is 0 Å². The molecule has 2 heterocycles. The summed E-state index contributed by atoms with van der Waals surface area (Å²) < 4.78 is 0. The zero-order valence-electron chi connectivity index (χ0n) is 24.2. The number of nitrogens with one attached hydrogen (secondary N) is 1. The van der Waals surface area contributed by atoms with E-state index in [0.717, 1.165) is 6.42 Å². The molecule has 0 spiro atoms. The van der Waals surface area contributed by atoms with Crippen LogP contribution in [-0.4, -0.2) is 0 Å². The van der Waals surface area contributed by atoms with Crippen molar-refractivity contribution in [2.75, 3.05) is 4.90 Å². The third-order valence-electron chi connectivity index (χ3n) is 7.88. The highest BCUT2D eigenvalue weighted by Gasteiger charge is 2.38. The normalized spacial score (nSPS) is 16.6. The van der Waals surface area contributed by atoms with E-state index in [1.807, 2.05) is 0 Å². The fourth-order valence-corrected chi connectivity index (χ4v) is 6.09. The van der Waals surface area contributed by atoms with Crippen LogP contribution in [-0.2, 0) is 6.42 Å². The second-order valence-corrected chi connectivity index (χ2v) is 13.2. The molecule has 1 N–H and O–H groups in total. The van der Waals surface area contributed by atoms with Crippen LogP contribution in [0, 0.1) is 5.41 Å². The Morgan fingerprint density at radius 3 is 2.03 bits per heavy atom. The van der Waals surface area contributed by atoms with E-state index in [4.69, 9.17) is 0 Å². The molecule has 0 saturated carbocycles. The smallest absolute Gasteiger partial charge is 0.130 e. The van der Waals surface area contributed by atoms with Crippen molar-refractivity contribution in [2.45, 2.75) is 92.7 Å². The van der Waals surface area contributed by atoms with Gasteiger partial charge in [-0.05, 0) is 69.5 Å². The lowest BCUT2D eigenvalue weighted by Crippen LogP contribution is -2.32. The Kier molecular flexibility index (Phi) is 6.51. The first-order valence-electron chi connectivity index (χ1n) is 14.1. The molecule has 2 nitrogen and oxygen atoms in total. The number of anilines is 1. The highest BCUT2D eigenvalue weighted by Crippen LogP contribution is 2.51. The lowest BCUT2D eigenvalue weighted by Gasteiger charge is -2.38. The SMILES string of the molecule is CC(C)c1cc(C(C)C)c(C2=CNC3c4ccccc4-c4cc(CC(C)(C)C)ccc4N23)c(C(C)C)c1. The maximum atomic E-state index is 3.79. The van der Waals surface area contributed by atoms with Gasteiger partial charge in [0.05, 0.1) is 11.4 Å². The van der Waals surface area contributed by atoms with E-state index in [2.05, 4.69) is 133 Å². The van der Waals surface area contributed by atoms with Gasteiger partial charge in [0.15, 0.2) is 0 Å². The summed E-state index contributed by atoms with van der Waals surface area (Å²) in [6, 6.07) is 21.0. The minimum Gasteiger partial charge on any atom is -0.365 e. The predicted octanol–water partition coefficient (Wildman–Crippen LogP) is 9.73. The standard InChI is InChI=1S/C35H44N2/c1-21(2)25-17-28(22(3)4)33(29(18-25)23(5)6)32-20-36-34-27-13-11-10-12-26(27)30-16-24(19-35(7,8)9)14-15-31(30)37(32)34/h10-18,20-23,34,36H,19H2,1-9H3. The van der Waals surface area contributed by atoms with Gasteiger partial charge in [0, 0.05) is 22.9 Å². The minimum atomic E-state index is 0.108. The van der Waals surface area contributed by atoms with Gasteiger partial charge in [0.25, 0.3) is 0 Å². The van der Waals surface area contributed by atoms with Crippen LogP contribution in [0.5, 0.6) is 0 Å². The molecule has 5 rings (SSSR count). The van der Waals surface area contributed by atoms with Crippen LogP contribution < -0.4 is 10.2 Å². The lowest BCUT2D eigenvalue weighted by molar-refractivity contribution is 0.411. The van der Waals surface area contributed by atoms with Gasteiger partial charge in [0.1, 0.15) is 6.17 Å². The maximum absolute atomic E-state index is 3.79. The van der Waals surface area contributed by atoms with Crippen LogP contribution in [0.3, 0.4) is 0 Å². The van der Waals surface area contributed by atoms with E-state index in [0.29, 0.717) is 17.8 Å². The highest BCUT2D eigenvalue weighted by atomic mass is 15.3. The molecule has 2 heteroatoms. The van der Waals surface area contributed by atoms with Gasteiger partial charge < -0.3 is 10.2 Å². The van der Waals surface area contributed by atoms with Gasteiger partial charge in [-0.1, -0.05) is 105 Å². The molecule has 0 aromatic heterocycles. The van der Waals surface area contributed by atoms with Gasteiger partial charge in [-0.2, -0.15) is 0 Å². The number of benzene rings is 3. The Morgan fingerprint density at radius 1 is 0.784 bits per heavy atom. The molecule has 0 amide bonds. The zero-order chi connectivity index (χ0) is 26.6. The van der Waals surface area contributed by atoms with Crippen LogP contribution in [0.25, 0.3) is 16.8 Å². The number of rotatable bonds is 5. The Balaban J connectivity index is 1.72. The van der Waals surface area contributed by atoms with Crippen LogP contribution in [0.4, 0.5) is 5.69 Å². The molecule has 0 fully saturated rings. The van der Waals surface area contributed by atoms with Gasteiger partial charge >= 0.3 is 0 Å². The Bertz CT molecular complexity index is 1320. The molecular formula is C35H44N2. The summed E-state index contributed by atoms with van der Waals surface area (Å²) in [5.41, 5.74) is 14.1. The van der Waals surface area contributed by atoms with E-state index in [1.54, 1.807) is 0 Å². The molecule has 0 bridgehead atoms. The van der Waals surface area contributed by atoms with Crippen molar-refractivity contribution in [1.29, 1.82) is 0 Å². The average molecular weight is 493 g/mol. The second-order valence-electron chi connectivity index (χ2n) is 13.2. The third-order valence-corrected chi connectivity index (χ3v) is 7.88. The molecule has 0 aliphatic carbocycles. The molecule has 3 aromatic rings. The van der Waals surface area contributed by atoms with Crippen molar-refractivity contribution < 1.29 is 0 Å². The molecule has 2 aliphatic heterocycles. The van der Waals surface area contributed by atoms with Crippen molar-refractivity contribution in [2.24, 2.45) is 5.41 Å². The summed E-state index contributed by atoms with van der Waals surface area (Å²) in [5, 5.41) is 3.79. The summed E-state index contributed by atoms with van der Waals surface area (Å²) in [4.78, 5) is 2.57. The van der Waals surface area contributed by atoms with Gasteiger partial charge in [-0.3, -0.25) is 0 Å². The number of fused-ring (bicyclic) bond motifs is 6.